The van der Waals surface area contributed by atoms with Crippen LogP contribution in [0.3, 0.4) is 0 Å². The molecule has 0 aliphatic heterocycles. The van der Waals surface area contributed by atoms with E-state index >= 15 is 0 Å². The van der Waals surface area contributed by atoms with Gasteiger partial charge in [-0.1, -0.05) is 40.7 Å². The van der Waals surface area contributed by atoms with Gasteiger partial charge in [-0.05, 0) is 11.3 Å². The van der Waals surface area contributed by atoms with Crippen molar-refractivity contribution in [2.24, 2.45) is 0 Å². The zero-order valence-corrected chi connectivity index (χ0v) is 19.3. The van der Waals surface area contributed by atoms with Crippen LogP contribution >= 0.6 is 45.8 Å². The van der Waals surface area contributed by atoms with E-state index in [9.17, 15) is 0 Å². The second-order valence-corrected chi connectivity index (χ2v) is 7.78. The molecule has 2 aromatic carbocycles. The molecule has 0 atom stereocenters. The molecule has 0 N–H and O–H groups in total. The van der Waals surface area contributed by atoms with Crippen LogP contribution in [0.5, 0.6) is 0 Å². The molecule has 0 nitrogen and oxygen atoms in total. The van der Waals surface area contributed by atoms with Crippen LogP contribution in [0.4, 0.5) is 0 Å². The van der Waals surface area contributed by atoms with Crippen LogP contribution in [0.25, 0.3) is 10.8 Å². The minimum atomic E-state index is 0. The average Bonchev–Trinajstić information content (AvgIpc) is 2.56. The van der Waals surface area contributed by atoms with Crippen molar-refractivity contribution in [1.29, 1.82) is 0 Å². The molecule has 0 saturated carbocycles. The molecular weight excluding hydrogens is 421 g/mol. The first-order valence-corrected chi connectivity index (χ1v) is 7.52. The van der Waals surface area contributed by atoms with E-state index in [1.165, 1.54) is 16.3 Å². The Hall–Kier alpha value is 1.01. The Balaban J connectivity index is -0.000000121. The van der Waals surface area contributed by atoms with Crippen molar-refractivity contribution in [2.75, 3.05) is 0 Å². The smallest absolute Gasteiger partial charge is 0 e. The molecule has 0 radical (unpaired) electrons. The Kier molecular flexibility index (Phi) is 22.7. The van der Waals surface area contributed by atoms with Gasteiger partial charge in [0.15, 0.2) is 0 Å². The van der Waals surface area contributed by atoms with Crippen molar-refractivity contribution in [1.82, 2.24) is 0 Å². The number of halogens is 3. The van der Waals surface area contributed by atoms with Crippen LogP contribution in [0, 0.1) is 6.92 Å². The zero-order valence-electron chi connectivity index (χ0n) is 13.3. The Morgan fingerprint density at radius 1 is 0.905 bits per heavy atom. The maximum atomic E-state index is 2.28. The summed E-state index contributed by atoms with van der Waals surface area (Å²) in [5.41, 5.74) is 3.15. The van der Waals surface area contributed by atoms with Crippen LogP contribution in [0.1, 0.15) is 33.3 Å². The van der Waals surface area contributed by atoms with E-state index in [1.807, 2.05) is 0 Å². The second kappa shape index (κ2) is 15.9. The van der Waals surface area contributed by atoms with Gasteiger partial charge >= 0.3 is 0 Å². The van der Waals surface area contributed by atoms with Crippen LogP contribution in [-0.2, 0) is 26.2 Å². The van der Waals surface area contributed by atoms with Crippen LogP contribution < -0.4 is 0 Å². The van der Waals surface area contributed by atoms with Gasteiger partial charge in [-0.15, -0.1) is 86.4 Å². The molecule has 0 spiro atoms. The molecule has 0 fully saturated rings. The number of hydrogen-bond donors (Lipinski definition) is 0. The van der Waals surface area contributed by atoms with E-state index < -0.39 is 0 Å². The average molecular weight is 448 g/mol. The number of hydrogen-bond acceptors (Lipinski definition) is 0. The van der Waals surface area contributed by atoms with E-state index in [1.54, 1.807) is 0 Å². The first-order chi connectivity index (χ1) is 7.99. The normalized spacial score (nSPS) is 8.71. The molecule has 0 amide bonds. The summed E-state index contributed by atoms with van der Waals surface area (Å²) in [6.07, 6.45) is 0. The fraction of sp³-hybridized carbons (Fsp3) is 0.438. The Labute approximate surface area is 169 Å². The third-order valence-electron chi connectivity index (χ3n) is 2.43. The van der Waals surface area contributed by atoms with Crippen molar-refractivity contribution in [3.8, 4) is 0 Å². The summed E-state index contributed by atoms with van der Waals surface area (Å²) in [6, 6.07) is 12.8. The van der Waals surface area contributed by atoms with Crippen molar-refractivity contribution >= 4 is 56.6 Å². The van der Waals surface area contributed by atoms with Gasteiger partial charge in [0.2, 0.25) is 0 Å². The van der Waals surface area contributed by atoms with Gasteiger partial charge in [0.05, 0.1) is 0 Å². The summed E-state index contributed by atoms with van der Waals surface area (Å²) in [4.78, 5) is 0. The molecule has 21 heavy (non-hydrogen) atoms. The van der Waals surface area contributed by atoms with Crippen molar-refractivity contribution in [3.05, 3.63) is 42.0 Å². The number of fused-ring (bicyclic) bond motifs is 1. The van der Waals surface area contributed by atoms with E-state index in [2.05, 4.69) is 71.0 Å². The number of benzene rings is 1. The molecule has 2 aromatic rings. The Morgan fingerprint density at radius 2 is 1.38 bits per heavy atom. The Morgan fingerprint density at radius 3 is 1.76 bits per heavy atom. The largest absolute Gasteiger partial charge is 0.165 e. The van der Waals surface area contributed by atoms with Gasteiger partial charge in [0.1, 0.15) is 0 Å². The summed E-state index contributed by atoms with van der Waals surface area (Å²) >= 11 is 0. The first kappa shape index (κ1) is 30.0. The summed E-state index contributed by atoms with van der Waals surface area (Å²) in [6.45, 7) is 11.2. The minimum Gasteiger partial charge on any atom is -0.165 e. The summed E-state index contributed by atoms with van der Waals surface area (Å²) in [5, 5.41) is 2.69. The minimum absolute atomic E-state index is 0. The first-order valence-electron chi connectivity index (χ1n) is 6.37. The molecule has 2 rings (SSSR count). The van der Waals surface area contributed by atoms with Crippen LogP contribution in [-0.4, -0.2) is 11.3 Å². The fourth-order valence-corrected chi connectivity index (χ4v) is 3.31. The molecule has 0 bridgehead atoms. The fourth-order valence-electron chi connectivity index (χ4n) is 1.97. The summed E-state index contributed by atoms with van der Waals surface area (Å²) in [5.74, 6) is 0. The summed E-state index contributed by atoms with van der Waals surface area (Å²) in [7, 11) is 1.15. The van der Waals surface area contributed by atoms with Gasteiger partial charge in [-0.3, -0.25) is 0 Å². The quantitative estimate of drug-likeness (QED) is 0.359. The predicted octanol–water partition coefficient (Wildman–Crippen LogP) is 6.61. The van der Waals surface area contributed by atoms with Gasteiger partial charge in [-0.25, -0.2) is 0 Å². The van der Waals surface area contributed by atoms with Gasteiger partial charge in [0.25, 0.3) is 0 Å². The number of aryl methyl sites for hydroxylation is 1. The monoisotopic (exact) mass is 445 g/mol. The van der Waals surface area contributed by atoms with Crippen molar-refractivity contribution in [2.45, 2.75) is 45.9 Å². The molecule has 0 aliphatic carbocycles. The van der Waals surface area contributed by atoms with E-state index in [4.69, 9.17) is 0 Å². The zero-order chi connectivity index (χ0) is 12.8. The van der Waals surface area contributed by atoms with Crippen LogP contribution in [0.2, 0.25) is 0 Å². The van der Waals surface area contributed by atoms with Gasteiger partial charge in [0, 0.05) is 26.2 Å². The maximum absolute atomic E-state index is 2.28. The SMILES string of the molecule is CC(C)PC(C)C.Cc1cc2ccccc2[cH-]1.Cl.Cl.Cl.[Zr]. The standard InChI is InChI=1S/C10H9.C6H15P.3ClH.Zr/c1-8-6-9-4-2-3-5-10(9)7-8;1-5(2)7-6(3)4;;;;/h2-7H,1H3;5-7H,1-4H3;3*1H;/q-1;;;;;. The predicted molar refractivity (Wildman–Crippen MR) is 105 cm³/mol. The summed E-state index contributed by atoms with van der Waals surface area (Å²) < 4.78 is 0. The van der Waals surface area contributed by atoms with Crippen molar-refractivity contribution < 1.29 is 26.2 Å². The molecule has 0 unspecified atom stereocenters. The van der Waals surface area contributed by atoms with E-state index in [0.29, 0.717) is 0 Å². The molecule has 0 saturated heterocycles. The third-order valence-corrected chi connectivity index (χ3v) is 3.76. The van der Waals surface area contributed by atoms with Gasteiger partial charge < -0.3 is 0 Å². The number of rotatable bonds is 2. The topological polar surface area (TPSA) is 0 Å². The van der Waals surface area contributed by atoms with Crippen LogP contribution in [0.15, 0.2) is 36.4 Å². The third kappa shape index (κ3) is 13.2. The van der Waals surface area contributed by atoms with E-state index in [0.717, 1.165) is 19.9 Å². The molecule has 0 heterocycles. The van der Waals surface area contributed by atoms with Gasteiger partial charge in [-0.2, -0.15) is 6.07 Å². The van der Waals surface area contributed by atoms with E-state index in [-0.39, 0.29) is 63.4 Å². The van der Waals surface area contributed by atoms with Crippen molar-refractivity contribution in [3.63, 3.8) is 0 Å². The Bertz CT molecular complexity index is 416. The molecule has 122 valence electrons. The second-order valence-electron chi connectivity index (χ2n) is 5.14. The molecular formula is C16H27Cl3PZr-. The molecule has 5 heteroatoms. The molecule has 0 aliphatic rings. The molecule has 0 aromatic heterocycles. The maximum Gasteiger partial charge on any atom is 0 e.